The van der Waals surface area contributed by atoms with Gasteiger partial charge in [0.2, 0.25) is 0 Å². The van der Waals surface area contributed by atoms with Crippen LogP contribution in [0.25, 0.3) is 0 Å². The summed E-state index contributed by atoms with van der Waals surface area (Å²) in [5, 5.41) is 4.30. The molecule has 0 unspecified atom stereocenters. The van der Waals surface area contributed by atoms with Crippen molar-refractivity contribution in [2.75, 3.05) is 6.61 Å². The molecule has 1 heterocycles. The molecule has 0 saturated heterocycles. The minimum absolute atomic E-state index is 0.278. The second kappa shape index (κ2) is 6.30. The van der Waals surface area contributed by atoms with E-state index in [0.717, 1.165) is 31.5 Å². The first kappa shape index (κ1) is 12.7. The zero-order valence-electron chi connectivity index (χ0n) is 10.3. The van der Waals surface area contributed by atoms with Crippen LogP contribution in [-0.4, -0.2) is 22.4 Å². The molecule has 4 nitrogen and oxygen atoms in total. The molecule has 1 aromatic heterocycles. The number of hydrogen-bond donors (Lipinski definition) is 0. The van der Waals surface area contributed by atoms with Crippen molar-refractivity contribution in [1.82, 2.24) is 9.78 Å². The second-order valence-corrected chi connectivity index (χ2v) is 3.82. The molecule has 90 valence electrons. The largest absolute Gasteiger partial charge is 0.461 e. The summed E-state index contributed by atoms with van der Waals surface area (Å²) in [7, 11) is 0. The maximum atomic E-state index is 11.6. The van der Waals surface area contributed by atoms with E-state index < -0.39 is 0 Å². The fourth-order valence-corrected chi connectivity index (χ4v) is 1.60. The maximum absolute atomic E-state index is 11.6. The van der Waals surface area contributed by atoms with Crippen molar-refractivity contribution in [3.05, 3.63) is 17.5 Å². The minimum atomic E-state index is -0.278. The lowest BCUT2D eigenvalue weighted by atomic mass is 10.2. The molecule has 0 aliphatic carbocycles. The van der Waals surface area contributed by atoms with Gasteiger partial charge in [-0.2, -0.15) is 5.10 Å². The van der Waals surface area contributed by atoms with Gasteiger partial charge in [-0.15, -0.1) is 0 Å². The zero-order valence-corrected chi connectivity index (χ0v) is 10.3. The molecule has 0 amide bonds. The summed E-state index contributed by atoms with van der Waals surface area (Å²) in [6.45, 7) is 7.04. The van der Waals surface area contributed by atoms with Crippen LogP contribution in [0.4, 0.5) is 0 Å². The quantitative estimate of drug-likeness (QED) is 0.551. The highest BCUT2D eigenvalue weighted by Gasteiger charge is 2.14. The van der Waals surface area contributed by atoms with Crippen molar-refractivity contribution in [1.29, 1.82) is 0 Å². The Bertz CT molecular complexity index is 345. The number of rotatable bonds is 6. The smallest absolute Gasteiger partial charge is 0.356 e. The highest BCUT2D eigenvalue weighted by molar-refractivity contribution is 5.87. The highest BCUT2D eigenvalue weighted by Crippen LogP contribution is 2.08. The van der Waals surface area contributed by atoms with Crippen LogP contribution in [0, 0.1) is 6.92 Å². The molecule has 0 saturated carbocycles. The molecule has 0 bridgehead atoms. The predicted octanol–water partition coefficient (Wildman–Crippen LogP) is 2.56. The number of unbranched alkanes of at least 4 members (excludes halogenated alkanes) is 2. The second-order valence-electron chi connectivity index (χ2n) is 3.82. The van der Waals surface area contributed by atoms with E-state index >= 15 is 0 Å². The Labute approximate surface area is 96.6 Å². The van der Waals surface area contributed by atoms with Gasteiger partial charge in [-0.1, -0.05) is 19.8 Å². The van der Waals surface area contributed by atoms with Crippen LogP contribution in [0.15, 0.2) is 6.07 Å². The Hall–Kier alpha value is -1.32. The average molecular weight is 224 g/mol. The number of carbonyl (C=O) groups is 1. The predicted molar refractivity (Wildman–Crippen MR) is 62.4 cm³/mol. The van der Waals surface area contributed by atoms with E-state index in [-0.39, 0.29) is 5.97 Å². The van der Waals surface area contributed by atoms with E-state index in [4.69, 9.17) is 4.74 Å². The van der Waals surface area contributed by atoms with E-state index in [1.165, 1.54) is 0 Å². The van der Waals surface area contributed by atoms with Gasteiger partial charge in [0.15, 0.2) is 0 Å². The summed E-state index contributed by atoms with van der Waals surface area (Å²) in [5.41, 5.74) is 1.43. The van der Waals surface area contributed by atoms with Gasteiger partial charge in [-0.25, -0.2) is 4.79 Å². The van der Waals surface area contributed by atoms with Gasteiger partial charge < -0.3 is 4.74 Å². The number of ether oxygens (including phenoxy) is 1. The third-order valence-electron chi connectivity index (χ3n) is 2.36. The molecule has 0 radical (unpaired) electrons. The average Bonchev–Trinajstić information content (AvgIpc) is 2.61. The molecule has 0 spiro atoms. The van der Waals surface area contributed by atoms with Crippen LogP contribution in [0.2, 0.25) is 0 Å². The van der Waals surface area contributed by atoms with Crippen molar-refractivity contribution in [2.45, 2.75) is 46.6 Å². The lowest BCUT2D eigenvalue weighted by Crippen LogP contribution is -2.13. The lowest BCUT2D eigenvalue weighted by Gasteiger charge is -2.06. The van der Waals surface area contributed by atoms with Crippen molar-refractivity contribution in [3.63, 3.8) is 0 Å². The number of esters is 1. The van der Waals surface area contributed by atoms with Crippen LogP contribution < -0.4 is 0 Å². The van der Waals surface area contributed by atoms with Crippen molar-refractivity contribution >= 4 is 5.97 Å². The Kier molecular flexibility index (Phi) is 5.02. The van der Waals surface area contributed by atoms with Gasteiger partial charge in [0.1, 0.15) is 5.69 Å². The molecule has 0 atom stereocenters. The van der Waals surface area contributed by atoms with E-state index in [1.807, 2.05) is 13.8 Å². The molecule has 0 aliphatic rings. The summed E-state index contributed by atoms with van der Waals surface area (Å²) in [6, 6.07) is 1.78. The third kappa shape index (κ3) is 3.36. The Morgan fingerprint density at radius 2 is 2.19 bits per heavy atom. The molecular weight excluding hydrogens is 204 g/mol. The molecule has 1 rings (SSSR count). The van der Waals surface area contributed by atoms with Crippen LogP contribution in [0.3, 0.4) is 0 Å². The monoisotopic (exact) mass is 224 g/mol. The fraction of sp³-hybridized carbons (Fsp3) is 0.667. The highest BCUT2D eigenvalue weighted by atomic mass is 16.5. The topological polar surface area (TPSA) is 44.1 Å². The van der Waals surface area contributed by atoms with Crippen molar-refractivity contribution in [2.24, 2.45) is 0 Å². The van der Waals surface area contributed by atoms with E-state index in [0.29, 0.717) is 12.3 Å². The fourth-order valence-electron chi connectivity index (χ4n) is 1.60. The van der Waals surface area contributed by atoms with Gasteiger partial charge in [0.25, 0.3) is 0 Å². The number of aromatic nitrogens is 2. The van der Waals surface area contributed by atoms with E-state index in [1.54, 1.807) is 10.7 Å². The third-order valence-corrected chi connectivity index (χ3v) is 2.36. The molecule has 0 aromatic carbocycles. The van der Waals surface area contributed by atoms with Gasteiger partial charge in [-0.3, -0.25) is 4.68 Å². The number of carbonyl (C=O) groups excluding carboxylic acids is 1. The number of hydrogen-bond acceptors (Lipinski definition) is 3. The van der Waals surface area contributed by atoms with Gasteiger partial charge in [-0.05, 0) is 26.3 Å². The first-order chi connectivity index (χ1) is 7.69. The normalized spacial score (nSPS) is 10.4. The summed E-state index contributed by atoms with van der Waals surface area (Å²) in [4.78, 5) is 11.6. The Morgan fingerprint density at radius 3 is 2.81 bits per heavy atom. The summed E-state index contributed by atoms with van der Waals surface area (Å²) in [6.07, 6.45) is 3.36. The van der Waals surface area contributed by atoms with Gasteiger partial charge >= 0.3 is 5.97 Å². The molecular formula is C12H20N2O2. The Morgan fingerprint density at radius 1 is 1.44 bits per heavy atom. The van der Waals surface area contributed by atoms with Gasteiger partial charge in [0.05, 0.1) is 12.3 Å². The van der Waals surface area contributed by atoms with Crippen LogP contribution in [0.5, 0.6) is 0 Å². The lowest BCUT2D eigenvalue weighted by molar-refractivity contribution is 0.0511. The first-order valence-corrected chi connectivity index (χ1v) is 5.90. The van der Waals surface area contributed by atoms with Gasteiger partial charge in [0, 0.05) is 6.54 Å². The summed E-state index contributed by atoms with van der Waals surface area (Å²) in [5.74, 6) is -0.278. The van der Waals surface area contributed by atoms with Crippen LogP contribution in [0.1, 0.15) is 49.3 Å². The molecule has 1 aromatic rings. The molecule has 16 heavy (non-hydrogen) atoms. The summed E-state index contributed by atoms with van der Waals surface area (Å²) < 4.78 is 6.74. The SMILES string of the molecule is CCCCCn1nc(C)cc1C(=O)OCC. The van der Waals surface area contributed by atoms with E-state index in [2.05, 4.69) is 12.0 Å². The molecule has 0 fully saturated rings. The van der Waals surface area contributed by atoms with Crippen LogP contribution >= 0.6 is 0 Å². The number of aryl methyl sites for hydroxylation is 2. The summed E-state index contributed by atoms with van der Waals surface area (Å²) >= 11 is 0. The molecule has 0 aliphatic heterocycles. The van der Waals surface area contributed by atoms with E-state index in [9.17, 15) is 4.79 Å². The first-order valence-electron chi connectivity index (χ1n) is 5.90. The zero-order chi connectivity index (χ0) is 12.0. The minimum Gasteiger partial charge on any atom is -0.461 e. The standard InChI is InChI=1S/C12H20N2O2/c1-4-6-7-8-14-11(9-10(3)13-14)12(15)16-5-2/h9H,4-8H2,1-3H3. The molecule has 0 N–H and O–H groups in total. The van der Waals surface area contributed by atoms with Crippen molar-refractivity contribution < 1.29 is 9.53 Å². The Balaban J connectivity index is 2.70. The molecule has 4 heteroatoms. The number of nitrogens with zero attached hydrogens (tertiary/aromatic N) is 2. The van der Waals surface area contributed by atoms with Crippen LogP contribution in [-0.2, 0) is 11.3 Å². The van der Waals surface area contributed by atoms with Crippen molar-refractivity contribution in [3.8, 4) is 0 Å². The maximum Gasteiger partial charge on any atom is 0.356 e.